The molecule has 0 aliphatic heterocycles. The van der Waals surface area contributed by atoms with Gasteiger partial charge < -0.3 is 5.11 Å². The number of hydrogen-bond donors (Lipinski definition) is 1. The Morgan fingerprint density at radius 3 is 2.28 bits per heavy atom. The Morgan fingerprint density at radius 1 is 1.00 bits per heavy atom. The van der Waals surface area contributed by atoms with Gasteiger partial charge in [-0.1, -0.05) is 34.1 Å². The van der Waals surface area contributed by atoms with Crippen molar-refractivity contribution in [1.82, 2.24) is 0 Å². The van der Waals surface area contributed by atoms with Crippen molar-refractivity contribution in [3.63, 3.8) is 0 Å². The van der Waals surface area contributed by atoms with E-state index in [0.29, 0.717) is 11.1 Å². The first-order chi connectivity index (χ1) is 8.41. The molecular formula is C14H11BrF2O. The van der Waals surface area contributed by atoms with Crippen molar-refractivity contribution in [1.29, 1.82) is 0 Å². The summed E-state index contributed by atoms with van der Waals surface area (Å²) in [4.78, 5) is 0. The molecule has 0 fully saturated rings. The Balaban J connectivity index is 2.50. The van der Waals surface area contributed by atoms with E-state index in [-0.39, 0.29) is 0 Å². The highest BCUT2D eigenvalue weighted by Crippen LogP contribution is 2.31. The average molecular weight is 313 g/mol. The van der Waals surface area contributed by atoms with E-state index < -0.39 is 17.2 Å². The van der Waals surface area contributed by atoms with Gasteiger partial charge in [-0.25, -0.2) is 8.78 Å². The Kier molecular flexibility index (Phi) is 3.50. The molecule has 18 heavy (non-hydrogen) atoms. The Bertz CT molecular complexity index is 582. The first-order valence-electron chi connectivity index (χ1n) is 5.35. The lowest BCUT2D eigenvalue weighted by molar-refractivity contribution is 0.102. The maximum Gasteiger partial charge on any atom is 0.159 e. The van der Waals surface area contributed by atoms with Crippen molar-refractivity contribution in [2.75, 3.05) is 0 Å². The van der Waals surface area contributed by atoms with E-state index in [0.717, 1.165) is 16.6 Å². The molecule has 0 aliphatic rings. The molecule has 0 aromatic heterocycles. The Labute approximate surface area is 112 Å². The van der Waals surface area contributed by atoms with Crippen LogP contribution in [-0.2, 0) is 5.60 Å². The first kappa shape index (κ1) is 13.2. The third-order valence-electron chi connectivity index (χ3n) is 2.87. The van der Waals surface area contributed by atoms with Crippen molar-refractivity contribution in [3.8, 4) is 0 Å². The molecule has 4 heteroatoms. The molecule has 0 heterocycles. The average Bonchev–Trinajstić information content (AvgIpc) is 2.32. The molecule has 1 N–H and O–H groups in total. The summed E-state index contributed by atoms with van der Waals surface area (Å²) >= 11 is 3.31. The van der Waals surface area contributed by atoms with E-state index in [4.69, 9.17) is 0 Å². The van der Waals surface area contributed by atoms with Gasteiger partial charge in [0.2, 0.25) is 0 Å². The second-order valence-corrected chi connectivity index (χ2v) is 5.13. The summed E-state index contributed by atoms with van der Waals surface area (Å²) in [5, 5.41) is 10.5. The van der Waals surface area contributed by atoms with Gasteiger partial charge >= 0.3 is 0 Å². The first-order valence-corrected chi connectivity index (χ1v) is 6.14. The maximum absolute atomic E-state index is 13.2. The van der Waals surface area contributed by atoms with Gasteiger partial charge in [0.25, 0.3) is 0 Å². The third-order valence-corrected chi connectivity index (χ3v) is 3.36. The van der Waals surface area contributed by atoms with Crippen LogP contribution in [0, 0.1) is 11.6 Å². The number of aliphatic hydroxyl groups is 1. The summed E-state index contributed by atoms with van der Waals surface area (Å²) in [6.07, 6.45) is 0. The molecule has 1 unspecified atom stereocenters. The Morgan fingerprint density at radius 2 is 1.67 bits per heavy atom. The van der Waals surface area contributed by atoms with Gasteiger partial charge in [0.05, 0.1) is 0 Å². The Hall–Kier alpha value is -1.26. The molecule has 1 atom stereocenters. The van der Waals surface area contributed by atoms with Crippen molar-refractivity contribution in [2.24, 2.45) is 0 Å². The van der Waals surface area contributed by atoms with E-state index in [1.54, 1.807) is 25.1 Å². The lowest BCUT2D eigenvalue weighted by atomic mass is 9.88. The largest absolute Gasteiger partial charge is 0.381 e. The summed E-state index contributed by atoms with van der Waals surface area (Å²) in [6.45, 7) is 1.54. The molecule has 2 rings (SSSR count). The highest BCUT2D eigenvalue weighted by molar-refractivity contribution is 9.10. The highest BCUT2D eigenvalue weighted by atomic mass is 79.9. The van der Waals surface area contributed by atoms with Crippen LogP contribution in [0.2, 0.25) is 0 Å². The molecule has 0 spiro atoms. The van der Waals surface area contributed by atoms with Gasteiger partial charge in [0.1, 0.15) is 5.60 Å². The van der Waals surface area contributed by atoms with Crippen LogP contribution in [0.4, 0.5) is 8.78 Å². The molecule has 94 valence electrons. The molecule has 1 nitrogen and oxygen atoms in total. The van der Waals surface area contributed by atoms with Crippen LogP contribution in [-0.4, -0.2) is 5.11 Å². The van der Waals surface area contributed by atoms with Crippen LogP contribution in [0.1, 0.15) is 18.1 Å². The van der Waals surface area contributed by atoms with Crippen LogP contribution >= 0.6 is 15.9 Å². The molecule has 0 radical (unpaired) electrons. The van der Waals surface area contributed by atoms with Crippen LogP contribution < -0.4 is 0 Å². The quantitative estimate of drug-likeness (QED) is 0.889. The molecule has 0 saturated heterocycles. The van der Waals surface area contributed by atoms with Crippen molar-refractivity contribution in [3.05, 3.63) is 69.7 Å². The van der Waals surface area contributed by atoms with Crippen LogP contribution in [0.15, 0.2) is 46.9 Å². The highest BCUT2D eigenvalue weighted by Gasteiger charge is 2.26. The van der Waals surface area contributed by atoms with Crippen LogP contribution in [0.3, 0.4) is 0 Å². The second-order valence-electron chi connectivity index (χ2n) is 4.21. The zero-order valence-electron chi connectivity index (χ0n) is 9.62. The molecule has 0 aliphatic carbocycles. The van der Waals surface area contributed by atoms with E-state index in [1.807, 2.05) is 6.07 Å². The number of rotatable bonds is 2. The minimum absolute atomic E-state index is 0.305. The standard InChI is InChI=1S/C14H11BrF2O/c1-14(18,9-3-2-4-11(15)7-9)10-5-6-12(16)13(17)8-10/h2-8,18H,1H3. The van der Waals surface area contributed by atoms with Crippen molar-refractivity contribution >= 4 is 15.9 Å². The minimum Gasteiger partial charge on any atom is -0.381 e. The number of halogens is 3. The fourth-order valence-electron chi connectivity index (χ4n) is 1.76. The monoisotopic (exact) mass is 312 g/mol. The number of hydrogen-bond acceptors (Lipinski definition) is 1. The summed E-state index contributed by atoms with van der Waals surface area (Å²) in [6, 6.07) is 10.5. The summed E-state index contributed by atoms with van der Waals surface area (Å²) in [7, 11) is 0. The smallest absolute Gasteiger partial charge is 0.159 e. The van der Waals surface area contributed by atoms with E-state index in [1.165, 1.54) is 6.07 Å². The predicted molar refractivity (Wildman–Crippen MR) is 69.2 cm³/mol. The predicted octanol–water partition coefficient (Wildman–Crippen LogP) is 3.98. The van der Waals surface area contributed by atoms with Crippen LogP contribution in [0.25, 0.3) is 0 Å². The van der Waals surface area contributed by atoms with Gasteiger partial charge in [0.15, 0.2) is 11.6 Å². The summed E-state index contributed by atoms with van der Waals surface area (Å²) in [5.41, 5.74) is -0.472. The van der Waals surface area contributed by atoms with Crippen molar-refractivity contribution < 1.29 is 13.9 Å². The van der Waals surface area contributed by atoms with Crippen LogP contribution in [0.5, 0.6) is 0 Å². The van der Waals surface area contributed by atoms with E-state index in [2.05, 4.69) is 15.9 Å². The second kappa shape index (κ2) is 4.78. The summed E-state index contributed by atoms with van der Waals surface area (Å²) in [5.74, 6) is -1.90. The molecule has 0 bridgehead atoms. The van der Waals surface area contributed by atoms with Gasteiger partial charge in [-0.05, 0) is 42.3 Å². The van der Waals surface area contributed by atoms with Crippen molar-refractivity contribution in [2.45, 2.75) is 12.5 Å². The van der Waals surface area contributed by atoms with Gasteiger partial charge in [0, 0.05) is 4.47 Å². The van der Waals surface area contributed by atoms with Gasteiger partial charge in [-0.15, -0.1) is 0 Å². The lowest BCUT2D eigenvalue weighted by Gasteiger charge is -2.24. The lowest BCUT2D eigenvalue weighted by Crippen LogP contribution is -2.23. The molecule has 0 saturated carbocycles. The molecular weight excluding hydrogens is 302 g/mol. The van der Waals surface area contributed by atoms with Gasteiger partial charge in [-0.2, -0.15) is 0 Å². The SMILES string of the molecule is CC(O)(c1cccc(Br)c1)c1ccc(F)c(F)c1. The maximum atomic E-state index is 13.2. The fourth-order valence-corrected chi connectivity index (χ4v) is 2.16. The number of benzene rings is 2. The minimum atomic E-state index is -1.38. The molecule has 0 amide bonds. The van der Waals surface area contributed by atoms with E-state index in [9.17, 15) is 13.9 Å². The molecule has 2 aromatic rings. The molecule has 2 aromatic carbocycles. The fraction of sp³-hybridized carbons (Fsp3) is 0.143. The third kappa shape index (κ3) is 2.44. The zero-order valence-corrected chi connectivity index (χ0v) is 11.2. The normalized spacial score (nSPS) is 14.3. The zero-order chi connectivity index (χ0) is 13.3. The summed E-state index contributed by atoms with van der Waals surface area (Å²) < 4.78 is 26.9. The van der Waals surface area contributed by atoms with E-state index >= 15 is 0 Å². The van der Waals surface area contributed by atoms with Gasteiger partial charge in [-0.3, -0.25) is 0 Å². The topological polar surface area (TPSA) is 20.2 Å².